The second-order valence-corrected chi connectivity index (χ2v) is 40.7. The summed E-state index contributed by atoms with van der Waals surface area (Å²) in [6.45, 7) is 45.9. The normalized spacial score (nSPS) is 23.6. The molecule has 1 aliphatic heterocycles. The molecule has 0 atom stereocenters. The van der Waals surface area contributed by atoms with Gasteiger partial charge in [-0.3, -0.25) is 4.79 Å². The Morgan fingerprint density at radius 2 is 1.08 bits per heavy atom. The van der Waals surface area contributed by atoms with E-state index in [-0.39, 0.29) is 28.4 Å². The summed E-state index contributed by atoms with van der Waals surface area (Å²) in [5, 5.41) is 11.0. The summed E-state index contributed by atoms with van der Waals surface area (Å²) in [4.78, 5) is 10.8. The van der Waals surface area contributed by atoms with Crippen LogP contribution in [0.2, 0.25) is 81.9 Å². The van der Waals surface area contributed by atoms with Gasteiger partial charge < -0.3 is 23.3 Å². The molecule has 0 spiro atoms. The van der Waals surface area contributed by atoms with Gasteiger partial charge >= 0.3 is 7.12 Å². The minimum absolute atomic E-state index is 0.172. The largest absolute Gasteiger partial charge is 0.470 e. The third-order valence-corrected chi connectivity index (χ3v) is 22.1. The van der Waals surface area contributed by atoms with Gasteiger partial charge in [0.1, 0.15) is 21.9 Å². The molecule has 6 nitrogen and oxygen atoms in total. The highest BCUT2D eigenvalue weighted by Gasteiger charge is 2.50. The molecule has 0 radical (unpaired) electrons. The maximum atomic E-state index is 10.8. The zero-order chi connectivity index (χ0) is 40.1. The summed E-state index contributed by atoms with van der Waals surface area (Å²) >= 11 is 0. The van der Waals surface area contributed by atoms with Gasteiger partial charge in [0.05, 0.1) is 16.8 Å². The molecule has 0 bridgehead atoms. The van der Waals surface area contributed by atoms with Gasteiger partial charge in [0.25, 0.3) is 0 Å². The summed E-state index contributed by atoms with van der Waals surface area (Å²) in [6.07, 6.45) is 4.50. The predicted octanol–water partition coefficient (Wildman–Crippen LogP) is 10.4. The van der Waals surface area contributed by atoms with Crippen molar-refractivity contribution in [3.63, 3.8) is 0 Å². The van der Waals surface area contributed by atoms with Crippen LogP contribution >= 0.6 is 0 Å². The van der Waals surface area contributed by atoms with E-state index in [4.69, 9.17) is 18.2 Å². The van der Waals surface area contributed by atoms with Gasteiger partial charge in [-0.15, -0.1) is 22.9 Å². The second kappa shape index (κ2) is 17.5. The number of carbonyl (C=O) groups is 1. The topological polar surface area (TPSA) is 74.2 Å². The van der Waals surface area contributed by atoms with E-state index in [1.165, 1.54) is 0 Å². The molecule has 294 valence electrons. The lowest BCUT2D eigenvalue weighted by atomic mass is 9.70. The molecule has 3 aliphatic rings. The van der Waals surface area contributed by atoms with E-state index in [9.17, 15) is 9.90 Å². The summed E-state index contributed by atoms with van der Waals surface area (Å²) in [6, 6.07) is 0. The fraction of sp³-hybridized carbons (Fsp3) is 0.875. The Hall–Kier alpha value is -0.478. The van der Waals surface area contributed by atoms with E-state index >= 15 is 0 Å². The third-order valence-electron chi connectivity index (χ3n) is 11.3. The standard InChI is InChI=1S/C17H34O2Si2.C12H23BO2Si.C11H22O2Si/c1-16(2,3)21(7,8)19-14-15-12-17(18,13-15)10-9-11-20(4,5)6;1-11(2)12(3,4)15-13(14-11)9-8-10-16(5,6)7;1-11(2,3)14(4,5)13-8-9-6-10(12)7-9/h15,18H,10,12-14H2,1-8H3;9H2,1-7H3;9H,6-8H2,1-5H3. The molecule has 11 heteroatoms. The summed E-state index contributed by atoms with van der Waals surface area (Å²) in [5.41, 5.74) is 5.65. The molecule has 0 aromatic heterocycles. The molecule has 0 amide bonds. The number of hydrogen-bond acceptors (Lipinski definition) is 6. The van der Waals surface area contributed by atoms with Crippen LogP contribution in [0.15, 0.2) is 0 Å². The molecule has 0 aromatic rings. The smallest absolute Gasteiger partial charge is 0.417 e. The Morgan fingerprint density at radius 3 is 1.43 bits per heavy atom. The monoisotopic (exact) mass is 779 g/mol. The van der Waals surface area contributed by atoms with E-state index in [0.29, 0.717) is 30.4 Å². The van der Waals surface area contributed by atoms with E-state index in [1.54, 1.807) is 0 Å². The first-order valence-corrected chi connectivity index (χ1v) is 32.2. The van der Waals surface area contributed by atoms with Gasteiger partial charge in [-0.2, -0.15) is 0 Å². The highest BCUT2D eigenvalue weighted by atomic mass is 28.4. The maximum Gasteiger partial charge on any atom is 0.470 e. The van der Waals surface area contributed by atoms with Gasteiger partial charge in [-0.25, -0.2) is 0 Å². The molecule has 2 aliphatic carbocycles. The Kier molecular flexibility index (Phi) is 16.7. The zero-order valence-corrected chi connectivity index (χ0v) is 40.9. The number of ketones is 1. The van der Waals surface area contributed by atoms with Crippen LogP contribution in [0.1, 0.15) is 101 Å². The van der Waals surface area contributed by atoms with Crippen molar-refractivity contribution in [3.8, 4) is 22.9 Å². The van der Waals surface area contributed by atoms with Crippen LogP contribution in [0.5, 0.6) is 0 Å². The average Bonchev–Trinajstić information content (AvgIpc) is 3.06. The highest BCUT2D eigenvalue weighted by Crippen LogP contribution is 2.43. The quantitative estimate of drug-likeness (QED) is 0.195. The Morgan fingerprint density at radius 1 is 0.706 bits per heavy atom. The van der Waals surface area contributed by atoms with Crippen molar-refractivity contribution in [1.82, 2.24) is 0 Å². The first-order valence-electron chi connectivity index (χ1n) is 19.4. The number of Topliss-reactive ketones (excluding diaryl/α,β-unsaturated/α-hetero) is 1. The Labute approximate surface area is 320 Å². The highest BCUT2D eigenvalue weighted by molar-refractivity contribution is 6.84. The average molecular weight is 779 g/mol. The minimum Gasteiger partial charge on any atom is -0.417 e. The Balaban J connectivity index is 0.000000392. The third kappa shape index (κ3) is 16.8. The van der Waals surface area contributed by atoms with Crippen molar-refractivity contribution < 1.29 is 28.1 Å². The Bertz CT molecular complexity index is 1250. The van der Waals surface area contributed by atoms with Crippen LogP contribution in [0.3, 0.4) is 0 Å². The predicted molar refractivity (Wildman–Crippen MR) is 229 cm³/mol. The molecule has 3 rings (SSSR count). The van der Waals surface area contributed by atoms with Crippen LogP contribution < -0.4 is 0 Å². The van der Waals surface area contributed by atoms with E-state index < -0.39 is 38.4 Å². The first-order chi connectivity index (χ1) is 22.5. The number of aliphatic hydroxyl groups is 1. The van der Waals surface area contributed by atoms with Crippen LogP contribution in [0, 0.1) is 34.8 Å². The molecule has 0 aromatic carbocycles. The van der Waals surface area contributed by atoms with Gasteiger partial charge in [0.15, 0.2) is 16.6 Å². The van der Waals surface area contributed by atoms with Crippen molar-refractivity contribution in [2.75, 3.05) is 13.2 Å². The molecule has 1 saturated heterocycles. The molecule has 1 heterocycles. The fourth-order valence-corrected chi connectivity index (χ4v) is 8.41. The van der Waals surface area contributed by atoms with Crippen molar-refractivity contribution in [1.29, 1.82) is 0 Å². The summed E-state index contributed by atoms with van der Waals surface area (Å²) in [7, 11) is -5.99. The molecule has 3 fully saturated rings. The SMILES string of the molecule is CC(C)(C)[Si](C)(C)OCC1CC(=O)C1.CC(C)(C)[Si](C)(C)OCC1CC(O)(CC#C[Si](C)(C)C)C1.CC1(C)OB(CC#C[Si](C)(C)C)OC1(C)C. The van der Waals surface area contributed by atoms with Gasteiger partial charge in [-0.05, 0) is 88.6 Å². The second-order valence-electron chi connectivity index (χ2n) is 21.6. The van der Waals surface area contributed by atoms with Gasteiger partial charge in [-0.1, -0.05) is 80.8 Å². The van der Waals surface area contributed by atoms with Crippen LogP contribution in [-0.2, 0) is 23.0 Å². The number of hydrogen-bond donors (Lipinski definition) is 1. The lowest BCUT2D eigenvalue weighted by Gasteiger charge is -2.45. The van der Waals surface area contributed by atoms with Crippen LogP contribution in [0.25, 0.3) is 0 Å². The maximum absolute atomic E-state index is 10.8. The van der Waals surface area contributed by atoms with E-state index in [1.807, 2.05) is 0 Å². The van der Waals surface area contributed by atoms with E-state index in [2.05, 4.69) is 158 Å². The van der Waals surface area contributed by atoms with Crippen molar-refractivity contribution >= 4 is 45.7 Å². The molecular weight excluding hydrogens is 700 g/mol. The van der Waals surface area contributed by atoms with Crippen molar-refractivity contribution in [2.45, 2.75) is 200 Å². The van der Waals surface area contributed by atoms with E-state index in [0.717, 1.165) is 38.9 Å². The molecule has 2 saturated carbocycles. The minimum atomic E-state index is -1.65. The van der Waals surface area contributed by atoms with Crippen molar-refractivity contribution in [2.24, 2.45) is 11.8 Å². The lowest BCUT2D eigenvalue weighted by molar-refractivity contribution is -0.127. The summed E-state index contributed by atoms with van der Waals surface area (Å²) < 4.78 is 24.0. The molecule has 0 unspecified atom stereocenters. The van der Waals surface area contributed by atoms with Crippen molar-refractivity contribution in [3.05, 3.63) is 0 Å². The lowest BCUT2D eigenvalue weighted by Crippen LogP contribution is -2.48. The summed E-state index contributed by atoms with van der Waals surface area (Å²) in [5.74, 6) is 7.84. The fourth-order valence-electron chi connectivity index (χ4n) is 4.99. The zero-order valence-electron chi connectivity index (χ0n) is 36.9. The van der Waals surface area contributed by atoms with Gasteiger partial charge in [0.2, 0.25) is 0 Å². The first kappa shape index (κ1) is 48.5. The van der Waals surface area contributed by atoms with Gasteiger partial charge in [0, 0.05) is 38.8 Å². The number of rotatable bonds is 8. The van der Waals surface area contributed by atoms with Crippen LogP contribution in [-0.4, -0.2) is 80.8 Å². The molecule has 1 N–H and O–H groups in total. The van der Waals surface area contributed by atoms with Crippen LogP contribution in [0.4, 0.5) is 0 Å². The molecular formula is C40H79BO6Si4. The number of carbonyl (C=O) groups excluding carboxylic acids is 1. The molecule has 51 heavy (non-hydrogen) atoms.